The summed E-state index contributed by atoms with van der Waals surface area (Å²) in [5.74, 6) is 0.563. The van der Waals surface area contributed by atoms with Crippen LogP contribution < -0.4 is 4.90 Å². The van der Waals surface area contributed by atoms with Gasteiger partial charge in [-0.3, -0.25) is 4.79 Å². The molecule has 0 aliphatic heterocycles. The van der Waals surface area contributed by atoms with E-state index in [1.165, 1.54) is 11.3 Å². The van der Waals surface area contributed by atoms with Crippen LogP contribution >= 0.6 is 27.3 Å². The van der Waals surface area contributed by atoms with Crippen molar-refractivity contribution in [2.24, 2.45) is 11.8 Å². The zero-order valence-electron chi connectivity index (χ0n) is 18.3. The predicted octanol–water partition coefficient (Wildman–Crippen LogP) is 6.19. The second-order valence-corrected chi connectivity index (χ2v) is 11.0. The fourth-order valence-corrected chi connectivity index (χ4v) is 6.25. The number of anilines is 1. The summed E-state index contributed by atoms with van der Waals surface area (Å²) in [4.78, 5) is 28.9. The highest BCUT2D eigenvalue weighted by molar-refractivity contribution is 9.11. The van der Waals surface area contributed by atoms with E-state index in [1.807, 2.05) is 17.9 Å². The molecule has 168 valence electrons. The van der Waals surface area contributed by atoms with E-state index >= 15 is 0 Å². The first-order chi connectivity index (χ1) is 14.4. The van der Waals surface area contributed by atoms with Crippen LogP contribution in [0, 0.1) is 11.8 Å². The van der Waals surface area contributed by atoms with E-state index in [1.54, 1.807) is 6.92 Å². The standard InChI is InChI=1S/C23H34BrNO4S/c1-4-28-18-12-10-17(11-13-18)25(22(26)16-8-6-15(3)7-9-16)19-14-20(24)30-21(19)23(27)29-5-2/h14-18H,4-13H2,1-3H3. The van der Waals surface area contributed by atoms with Gasteiger partial charge in [0.15, 0.2) is 0 Å². The number of hydrogen-bond acceptors (Lipinski definition) is 5. The molecule has 0 aromatic carbocycles. The Morgan fingerprint density at radius 3 is 2.33 bits per heavy atom. The van der Waals surface area contributed by atoms with Gasteiger partial charge in [0, 0.05) is 18.6 Å². The number of ether oxygens (including phenoxy) is 2. The van der Waals surface area contributed by atoms with Crippen LogP contribution in [-0.4, -0.2) is 37.2 Å². The molecule has 0 spiro atoms. The van der Waals surface area contributed by atoms with Gasteiger partial charge < -0.3 is 14.4 Å². The summed E-state index contributed by atoms with van der Waals surface area (Å²) < 4.78 is 12.0. The van der Waals surface area contributed by atoms with Crippen molar-refractivity contribution in [3.8, 4) is 0 Å². The third-order valence-electron chi connectivity index (χ3n) is 6.42. The summed E-state index contributed by atoms with van der Waals surface area (Å²) in [7, 11) is 0. The zero-order valence-corrected chi connectivity index (χ0v) is 20.7. The fraction of sp³-hybridized carbons (Fsp3) is 0.739. The lowest BCUT2D eigenvalue weighted by atomic mass is 9.81. The second kappa shape index (κ2) is 11.1. The predicted molar refractivity (Wildman–Crippen MR) is 124 cm³/mol. The van der Waals surface area contributed by atoms with Crippen LogP contribution in [0.4, 0.5) is 5.69 Å². The van der Waals surface area contributed by atoms with Crippen LogP contribution in [-0.2, 0) is 14.3 Å². The van der Waals surface area contributed by atoms with E-state index < -0.39 is 0 Å². The van der Waals surface area contributed by atoms with Crippen molar-refractivity contribution in [2.45, 2.75) is 84.3 Å². The first kappa shape index (κ1) is 23.7. The number of halogens is 1. The third-order valence-corrected chi connectivity index (χ3v) is 8.02. The SMILES string of the molecule is CCOC(=O)c1sc(Br)cc1N(C(=O)C1CCC(C)CC1)C1CCC(OCC)CC1. The van der Waals surface area contributed by atoms with Gasteiger partial charge in [0.25, 0.3) is 0 Å². The summed E-state index contributed by atoms with van der Waals surface area (Å²) in [6, 6.07) is 2.03. The molecule has 0 N–H and O–H groups in total. The molecule has 2 aliphatic rings. The number of thiophene rings is 1. The minimum absolute atomic E-state index is 0.0412. The summed E-state index contributed by atoms with van der Waals surface area (Å²) in [5.41, 5.74) is 0.716. The molecule has 1 amide bonds. The minimum atomic E-state index is -0.346. The van der Waals surface area contributed by atoms with Gasteiger partial charge in [0.2, 0.25) is 5.91 Å². The third kappa shape index (κ3) is 5.65. The molecular formula is C23H34BrNO4S. The maximum atomic E-state index is 13.8. The molecule has 1 aromatic heterocycles. The maximum Gasteiger partial charge on any atom is 0.350 e. The molecule has 3 rings (SSSR count). The lowest BCUT2D eigenvalue weighted by Gasteiger charge is -2.39. The normalized spacial score (nSPS) is 26.9. The van der Waals surface area contributed by atoms with Crippen molar-refractivity contribution in [1.82, 2.24) is 0 Å². The largest absolute Gasteiger partial charge is 0.462 e. The van der Waals surface area contributed by atoms with Crippen LogP contribution in [0.2, 0.25) is 0 Å². The number of rotatable bonds is 7. The summed E-state index contributed by atoms with van der Waals surface area (Å²) in [6.45, 7) is 7.15. The Labute approximate surface area is 192 Å². The van der Waals surface area contributed by atoms with Crippen LogP contribution in [0.15, 0.2) is 9.85 Å². The number of carbonyl (C=O) groups excluding carboxylic acids is 2. The topological polar surface area (TPSA) is 55.8 Å². The molecule has 5 nitrogen and oxygen atoms in total. The Bertz CT molecular complexity index is 721. The first-order valence-electron chi connectivity index (χ1n) is 11.4. The molecule has 0 radical (unpaired) electrons. The molecule has 2 fully saturated rings. The van der Waals surface area contributed by atoms with Crippen LogP contribution in [0.1, 0.15) is 81.8 Å². The Hall–Kier alpha value is -0.920. The molecule has 7 heteroatoms. The molecule has 0 unspecified atom stereocenters. The molecule has 0 atom stereocenters. The van der Waals surface area contributed by atoms with Gasteiger partial charge in [0.05, 0.1) is 22.2 Å². The van der Waals surface area contributed by atoms with Crippen LogP contribution in [0.25, 0.3) is 0 Å². The fourth-order valence-electron chi connectivity index (χ4n) is 4.78. The van der Waals surface area contributed by atoms with Gasteiger partial charge >= 0.3 is 5.97 Å². The lowest BCUT2D eigenvalue weighted by Crippen LogP contribution is -2.47. The number of hydrogen-bond donors (Lipinski definition) is 0. The van der Waals surface area contributed by atoms with Crippen molar-refractivity contribution in [3.63, 3.8) is 0 Å². The van der Waals surface area contributed by atoms with Gasteiger partial charge in [-0.1, -0.05) is 6.92 Å². The monoisotopic (exact) mass is 499 g/mol. The van der Waals surface area contributed by atoms with Crippen molar-refractivity contribution in [2.75, 3.05) is 18.1 Å². The van der Waals surface area contributed by atoms with E-state index in [9.17, 15) is 9.59 Å². The first-order valence-corrected chi connectivity index (χ1v) is 13.0. The van der Waals surface area contributed by atoms with E-state index in [0.29, 0.717) is 23.1 Å². The van der Waals surface area contributed by atoms with E-state index in [0.717, 1.165) is 61.8 Å². The number of nitrogens with zero attached hydrogens (tertiary/aromatic N) is 1. The van der Waals surface area contributed by atoms with Gasteiger partial charge in [-0.05, 0) is 93.1 Å². The maximum absolute atomic E-state index is 13.8. The number of amides is 1. The molecule has 0 saturated heterocycles. The van der Waals surface area contributed by atoms with E-state index in [2.05, 4.69) is 22.9 Å². The molecule has 2 aliphatic carbocycles. The number of carbonyl (C=O) groups is 2. The van der Waals surface area contributed by atoms with Gasteiger partial charge in [-0.25, -0.2) is 4.79 Å². The Kier molecular flexibility index (Phi) is 8.78. The highest BCUT2D eigenvalue weighted by Gasteiger charge is 2.37. The van der Waals surface area contributed by atoms with Gasteiger partial charge in [-0.2, -0.15) is 0 Å². The summed E-state index contributed by atoms with van der Waals surface area (Å²) in [5, 5.41) is 0. The average Bonchev–Trinajstić information content (AvgIpc) is 3.11. The quantitative estimate of drug-likeness (QED) is 0.419. The van der Waals surface area contributed by atoms with Crippen molar-refractivity contribution in [1.29, 1.82) is 0 Å². The lowest BCUT2D eigenvalue weighted by molar-refractivity contribution is -0.124. The minimum Gasteiger partial charge on any atom is -0.462 e. The van der Waals surface area contributed by atoms with E-state index in [4.69, 9.17) is 9.47 Å². The van der Waals surface area contributed by atoms with Crippen molar-refractivity contribution < 1.29 is 19.1 Å². The Balaban J connectivity index is 1.89. The Morgan fingerprint density at radius 1 is 1.07 bits per heavy atom. The Morgan fingerprint density at radius 2 is 1.73 bits per heavy atom. The highest BCUT2D eigenvalue weighted by atomic mass is 79.9. The zero-order chi connectivity index (χ0) is 21.7. The molecule has 2 saturated carbocycles. The van der Waals surface area contributed by atoms with Gasteiger partial charge in [-0.15, -0.1) is 11.3 Å². The smallest absolute Gasteiger partial charge is 0.350 e. The van der Waals surface area contributed by atoms with Crippen LogP contribution in [0.3, 0.4) is 0 Å². The van der Waals surface area contributed by atoms with Gasteiger partial charge in [0.1, 0.15) is 4.88 Å². The second-order valence-electron chi connectivity index (χ2n) is 8.54. The number of esters is 1. The summed E-state index contributed by atoms with van der Waals surface area (Å²) >= 11 is 4.88. The van der Waals surface area contributed by atoms with E-state index in [-0.39, 0.29) is 29.9 Å². The van der Waals surface area contributed by atoms with Crippen molar-refractivity contribution >= 4 is 44.8 Å². The highest BCUT2D eigenvalue weighted by Crippen LogP contribution is 2.40. The van der Waals surface area contributed by atoms with Crippen molar-refractivity contribution in [3.05, 3.63) is 14.7 Å². The summed E-state index contributed by atoms with van der Waals surface area (Å²) in [6.07, 6.45) is 8.03. The molecular weight excluding hydrogens is 466 g/mol. The molecule has 1 heterocycles. The molecule has 30 heavy (non-hydrogen) atoms. The van der Waals surface area contributed by atoms with Crippen LogP contribution in [0.5, 0.6) is 0 Å². The molecule has 0 bridgehead atoms. The average molecular weight is 500 g/mol. The molecule has 1 aromatic rings.